The summed E-state index contributed by atoms with van der Waals surface area (Å²) in [5.41, 5.74) is 0.653. The Kier molecular flexibility index (Phi) is 5.35. The van der Waals surface area contributed by atoms with Gasteiger partial charge in [0, 0.05) is 23.5 Å². The van der Waals surface area contributed by atoms with Crippen molar-refractivity contribution in [3.05, 3.63) is 52.7 Å². The first-order valence-electron chi connectivity index (χ1n) is 8.19. The molecule has 132 valence electrons. The van der Waals surface area contributed by atoms with E-state index < -0.39 is 12.1 Å². The number of aliphatic hydroxyl groups is 1. The number of benzene rings is 1. The lowest BCUT2D eigenvalue weighted by Gasteiger charge is -2.25. The summed E-state index contributed by atoms with van der Waals surface area (Å²) in [4.78, 5) is 27.6. The first kappa shape index (κ1) is 17.4. The van der Waals surface area contributed by atoms with Crippen LogP contribution in [0, 0.1) is 0 Å². The summed E-state index contributed by atoms with van der Waals surface area (Å²) in [6.45, 7) is 2.05. The van der Waals surface area contributed by atoms with E-state index in [-0.39, 0.29) is 30.9 Å². The van der Waals surface area contributed by atoms with Gasteiger partial charge in [-0.2, -0.15) is 0 Å². The molecule has 0 saturated carbocycles. The van der Waals surface area contributed by atoms with Gasteiger partial charge in [-0.05, 0) is 30.5 Å². The van der Waals surface area contributed by atoms with Crippen LogP contribution in [-0.4, -0.2) is 40.6 Å². The Morgan fingerprint density at radius 2 is 2.00 bits per heavy atom. The lowest BCUT2D eigenvalue weighted by atomic mass is 10.1. The Balaban J connectivity index is 1.66. The number of hydrogen-bond donors (Lipinski definition) is 3. The molecule has 25 heavy (non-hydrogen) atoms. The maximum atomic E-state index is 12.6. The number of thiophene rings is 1. The van der Waals surface area contributed by atoms with Crippen LogP contribution in [-0.2, 0) is 4.79 Å². The molecule has 1 aromatic carbocycles. The number of β-amino-alcohol motifs (C(OH)–C–C–N with tert-alkyl or cyclic N) is 1. The number of urea groups is 1. The molecule has 0 bridgehead atoms. The van der Waals surface area contributed by atoms with Gasteiger partial charge in [0.15, 0.2) is 0 Å². The molecule has 1 aliphatic heterocycles. The fourth-order valence-corrected chi connectivity index (χ4v) is 3.66. The van der Waals surface area contributed by atoms with Crippen LogP contribution in [0.2, 0.25) is 0 Å². The maximum Gasteiger partial charge on any atom is 0.322 e. The van der Waals surface area contributed by atoms with Gasteiger partial charge in [0.2, 0.25) is 5.91 Å². The number of hydrogen-bond acceptors (Lipinski definition) is 4. The number of para-hydroxylation sites is 1. The van der Waals surface area contributed by atoms with E-state index in [1.165, 1.54) is 4.90 Å². The molecule has 0 spiro atoms. The highest BCUT2D eigenvalue weighted by molar-refractivity contribution is 7.10. The molecule has 2 aromatic rings. The van der Waals surface area contributed by atoms with Gasteiger partial charge < -0.3 is 20.6 Å². The van der Waals surface area contributed by atoms with Gasteiger partial charge in [0.1, 0.15) is 6.04 Å². The Morgan fingerprint density at radius 1 is 1.24 bits per heavy atom. The minimum atomic E-state index is -0.700. The molecule has 3 atom stereocenters. The van der Waals surface area contributed by atoms with Crippen molar-refractivity contribution >= 4 is 29.0 Å². The second-order valence-corrected chi connectivity index (χ2v) is 7.08. The van der Waals surface area contributed by atoms with E-state index in [9.17, 15) is 14.7 Å². The SMILES string of the molecule is C[C@@H](NC(=O)[C@@H]1C[C@H](O)CN1C(=O)Nc1ccccc1)c1cccs1. The number of amides is 3. The number of nitrogens with one attached hydrogen (secondary N) is 2. The predicted octanol–water partition coefficient (Wildman–Crippen LogP) is 2.59. The molecular formula is C18H21N3O3S. The average Bonchev–Trinajstić information content (AvgIpc) is 3.25. The van der Waals surface area contributed by atoms with E-state index in [1.54, 1.807) is 23.5 Å². The van der Waals surface area contributed by atoms with Crippen molar-refractivity contribution in [2.45, 2.75) is 31.5 Å². The van der Waals surface area contributed by atoms with Crippen LogP contribution < -0.4 is 10.6 Å². The first-order valence-corrected chi connectivity index (χ1v) is 9.07. The molecule has 0 radical (unpaired) electrons. The smallest absolute Gasteiger partial charge is 0.322 e. The van der Waals surface area contributed by atoms with Crippen LogP contribution in [0.25, 0.3) is 0 Å². The van der Waals surface area contributed by atoms with Crippen molar-refractivity contribution in [3.63, 3.8) is 0 Å². The summed E-state index contributed by atoms with van der Waals surface area (Å²) in [7, 11) is 0. The van der Waals surface area contributed by atoms with E-state index in [2.05, 4.69) is 10.6 Å². The monoisotopic (exact) mass is 359 g/mol. The molecule has 1 fully saturated rings. The topological polar surface area (TPSA) is 81.7 Å². The summed E-state index contributed by atoms with van der Waals surface area (Å²) >= 11 is 1.57. The number of anilines is 1. The van der Waals surface area contributed by atoms with Crippen molar-refractivity contribution < 1.29 is 14.7 Å². The molecule has 7 heteroatoms. The number of nitrogens with zero attached hydrogens (tertiary/aromatic N) is 1. The fraction of sp³-hybridized carbons (Fsp3) is 0.333. The van der Waals surface area contributed by atoms with E-state index >= 15 is 0 Å². The summed E-state index contributed by atoms with van der Waals surface area (Å²) in [5, 5.41) is 17.6. The summed E-state index contributed by atoms with van der Waals surface area (Å²) < 4.78 is 0. The molecule has 1 aromatic heterocycles. The highest BCUT2D eigenvalue weighted by Crippen LogP contribution is 2.23. The Bertz CT molecular complexity index is 720. The van der Waals surface area contributed by atoms with Gasteiger partial charge in [-0.1, -0.05) is 24.3 Å². The van der Waals surface area contributed by atoms with Gasteiger partial charge in [-0.15, -0.1) is 11.3 Å². The van der Waals surface area contributed by atoms with E-state index in [4.69, 9.17) is 0 Å². The molecule has 0 unspecified atom stereocenters. The van der Waals surface area contributed by atoms with Crippen molar-refractivity contribution in [2.24, 2.45) is 0 Å². The van der Waals surface area contributed by atoms with E-state index in [1.807, 2.05) is 42.6 Å². The lowest BCUT2D eigenvalue weighted by molar-refractivity contribution is -0.125. The number of aliphatic hydroxyl groups excluding tert-OH is 1. The molecule has 6 nitrogen and oxygen atoms in total. The molecular weight excluding hydrogens is 338 g/mol. The van der Waals surface area contributed by atoms with Crippen molar-refractivity contribution in [3.8, 4) is 0 Å². The molecule has 1 saturated heterocycles. The third-order valence-corrected chi connectivity index (χ3v) is 5.25. The summed E-state index contributed by atoms with van der Waals surface area (Å²) in [6.07, 6.45) is -0.458. The van der Waals surface area contributed by atoms with Crippen LogP contribution in [0.3, 0.4) is 0 Å². The van der Waals surface area contributed by atoms with Crippen LogP contribution in [0.4, 0.5) is 10.5 Å². The van der Waals surface area contributed by atoms with Gasteiger partial charge in [0.25, 0.3) is 0 Å². The predicted molar refractivity (Wildman–Crippen MR) is 97.5 cm³/mol. The van der Waals surface area contributed by atoms with E-state index in [0.29, 0.717) is 5.69 Å². The first-order chi connectivity index (χ1) is 12.0. The van der Waals surface area contributed by atoms with E-state index in [0.717, 1.165) is 4.88 Å². The molecule has 3 amide bonds. The standard InChI is InChI=1S/C18H21N3O3S/c1-12(16-8-5-9-25-16)19-17(23)15-10-14(22)11-21(15)18(24)20-13-6-3-2-4-7-13/h2-9,12,14-15,22H,10-11H2,1H3,(H,19,23)(H,20,24)/t12-,14+,15+/m1/s1. The van der Waals surface area contributed by atoms with Crippen molar-refractivity contribution in [1.82, 2.24) is 10.2 Å². The number of carbonyl (C=O) groups excluding carboxylic acids is 2. The number of carbonyl (C=O) groups is 2. The van der Waals surface area contributed by atoms with Gasteiger partial charge in [-0.3, -0.25) is 4.79 Å². The zero-order valence-electron chi connectivity index (χ0n) is 13.9. The normalized spacial score (nSPS) is 21.0. The van der Waals surface area contributed by atoms with Gasteiger partial charge in [0.05, 0.1) is 12.1 Å². The average molecular weight is 359 g/mol. The highest BCUT2D eigenvalue weighted by atomic mass is 32.1. The summed E-state index contributed by atoms with van der Waals surface area (Å²) in [6, 6.07) is 11.7. The quantitative estimate of drug-likeness (QED) is 0.785. The second kappa shape index (κ2) is 7.67. The Morgan fingerprint density at radius 3 is 2.68 bits per heavy atom. The zero-order chi connectivity index (χ0) is 17.8. The third kappa shape index (κ3) is 4.18. The maximum absolute atomic E-state index is 12.6. The van der Waals surface area contributed by atoms with Crippen LogP contribution in [0.5, 0.6) is 0 Å². The molecule has 3 N–H and O–H groups in total. The third-order valence-electron chi connectivity index (χ3n) is 4.20. The van der Waals surface area contributed by atoms with Crippen molar-refractivity contribution in [2.75, 3.05) is 11.9 Å². The largest absolute Gasteiger partial charge is 0.391 e. The fourth-order valence-electron chi connectivity index (χ4n) is 2.92. The Hall–Kier alpha value is -2.38. The van der Waals surface area contributed by atoms with Gasteiger partial charge >= 0.3 is 6.03 Å². The zero-order valence-corrected chi connectivity index (χ0v) is 14.7. The molecule has 0 aliphatic carbocycles. The number of likely N-dealkylation sites (tertiary alicyclic amines) is 1. The number of rotatable bonds is 4. The lowest BCUT2D eigenvalue weighted by Crippen LogP contribution is -2.47. The van der Waals surface area contributed by atoms with Gasteiger partial charge in [-0.25, -0.2) is 4.79 Å². The molecule has 2 heterocycles. The van der Waals surface area contributed by atoms with Crippen LogP contribution >= 0.6 is 11.3 Å². The highest BCUT2D eigenvalue weighted by Gasteiger charge is 2.39. The van der Waals surface area contributed by atoms with Crippen LogP contribution in [0.1, 0.15) is 24.3 Å². The molecule has 1 aliphatic rings. The van der Waals surface area contributed by atoms with Crippen LogP contribution in [0.15, 0.2) is 47.8 Å². The Labute approximate surface area is 150 Å². The minimum absolute atomic E-state index is 0.135. The summed E-state index contributed by atoms with van der Waals surface area (Å²) in [5.74, 6) is -0.249. The molecule has 3 rings (SSSR count). The minimum Gasteiger partial charge on any atom is -0.391 e. The second-order valence-electron chi connectivity index (χ2n) is 6.10. The van der Waals surface area contributed by atoms with Crippen molar-refractivity contribution in [1.29, 1.82) is 0 Å².